The molecule has 1 N–H and O–H groups in total. The third kappa shape index (κ3) is 3.57. The van der Waals surface area contributed by atoms with Crippen LogP contribution in [-0.4, -0.2) is 38.9 Å². The molecule has 20 heavy (non-hydrogen) atoms. The molecule has 1 aliphatic rings. The van der Waals surface area contributed by atoms with Crippen LogP contribution in [0.3, 0.4) is 0 Å². The van der Waals surface area contributed by atoms with E-state index < -0.39 is 10.0 Å². The van der Waals surface area contributed by atoms with E-state index in [0.29, 0.717) is 17.7 Å². The highest BCUT2D eigenvalue weighted by molar-refractivity contribution is 7.88. The van der Waals surface area contributed by atoms with Gasteiger partial charge in [-0.1, -0.05) is 12.1 Å². The standard InChI is InChI=1S/C14H19N3O2S/c1-17(14-3-2-8-16-10-14)20(18,19)11-13-6-4-12(9-15)5-7-13/h4-7,14,16H,2-3,8,10-11H2,1H3. The topological polar surface area (TPSA) is 73.2 Å². The normalized spacial score (nSPS) is 19.8. The molecule has 0 saturated carbocycles. The van der Waals surface area contributed by atoms with E-state index in [1.54, 1.807) is 31.3 Å². The van der Waals surface area contributed by atoms with Gasteiger partial charge in [0.1, 0.15) is 0 Å². The Morgan fingerprint density at radius 1 is 1.40 bits per heavy atom. The second kappa shape index (κ2) is 6.35. The van der Waals surface area contributed by atoms with Crippen LogP contribution < -0.4 is 5.32 Å². The zero-order valence-corrected chi connectivity index (χ0v) is 12.4. The predicted octanol–water partition coefficient (Wildman–Crippen LogP) is 1.07. The van der Waals surface area contributed by atoms with E-state index in [4.69, 9.17) is 5.26 Å². The van der Waals surface area contributed by atoms with Gasteiger partial charge in [0, 0.05) is 19.6 Å². The Hall–Kier alpha value is -1.42. The maximum Gasteiger partial charge on any atom is 0.218 e. The first-order chi connectivity index (χ1) is 9.53. The minimum Gasteiger partial charge on any atom is -0.315 e. The van der Waals surface area contributed by atoms with Gasteiger partial charge >= 0.3 is 0 Å². The molecule has 0 aliphatic carbocycles. The van der Waals surface area contributed by atoms with Gasteiger partial charge in [0.2, 0.25) is 10.0 Å². The molecule has 1 heterocycles. The van der Waals surface area contributed by atoms with Crippen molar-refractivity contribution in [3.8, 4) is 6.07 Å². The number of nitrogens with zero attached hydrogens (tertiary/aromatic N) is 2. The molecule has 1 saturated heterocycles. The van der Waals surface area contributed by atoms with E-state index in [1.165, 1.54) is 4.31 Å². The van der Waals surface area contributed by atoms with Gasteiger partial charge in [0.25, 0.3) is 0 Å². The van der Waals surface area contributed by atoms with Crippen LogP contribution in [0.25, 0.3) is 0 Å². The van der Waals surface area contributed by atoms with Crippen molar-refractivity contribution in [2.45, 2.75) is 24.6 Å². The minimum absolute atomic E-state index is 0.0221. The van der Waals surface area contributed by atoms with Crippen LogP contribution in [0.5, 0.6) is 0 Å². The van der Waals surface area contributed by atoms with E-state index in [-0.39, 0.29) is 11.8 Å². The molecule has 108 valence electrons. The summed E-state index contributed by atoms with van der Waals surface area (Å²) in [5, 5.41) is 12.0. The smallest absolute Gasteiger partial charge is 0.218 e. The van der Waals surface area contributed by atoms with E-state index in [2.05, 4.69) is 5.32 Å². The fourth-order valence-electron chi connectivity index (χ4n) is 2.36. The van der Waals surface area contributed by atoms with E-state index in [1.807, 2.05) is 6.07 Å². The molecule has 1 aliphatic heterocycles. The molecule has 1 unspecified atom stereocenters. The van der Waals surface area contributed by atoms with Crippen LogP contribution in [0.15, 0.2) is 24.3 Å². The van der Waals surface area contributed by atoms with Crippen LogP contribution >= 0.6 is 0 Å². The van der Waals surface area contributed by atoms with E-state index in [0.717, 1.165) is 19.4 Å². The number of sulfonamides is 1. The van der Waals surface area contributed by atoms with Crippen LogP contribution in [0, 0.1) is 11.3 Å². The van der Waals surface area contributed by atoms with Crippen molar-refractivity contribution in [3.63, 3.8) is 0 Å². The Morgan fingerprint density at radius 3 is 2.65 bits per heavy atom. The molecule has 0 aromatic heterocycles. The highest BCUT2D eigenvalue weighted by Crippen LogP contribution is 2.16. The molecule has 0 amide bonds. The van der Waals surface area contributed by atoms with Crippen molar-refractivity contribution in [2.75, 3.05) is 20.1 Å². The number of likely N-dealkylation sites (N-methyl/N-ethyl adjacent to an activating group) is 1. The summed E-state index contributed by atoms with van der Waals surface area (Å²) in [6.45, 7) is 1.67. The van der Waals surface area contributed by atoms with Gasteiger partial charge in [-0.05, 0) is 37.1 Å². The number of benzene rings is 1. The molecule has 0 radical (unpaired) electrons. The summed E-state index contributed by atoms with van der Waals surface area (Å²) in [5.41, 5.74) is 1.25. The van der Waals surface area contributed by atoms with Crippen molar-refractivity contribution in [1.82, 2.24) is 9.62 Å². The molecular weight excluding hydrogens is 274 g/mol. The molecule has 0 spiro atoms. The lowest BCUT2D eigenvalue weighted by atomic mass is 10.1. The highest BCUT2D eigenvalue weighted by Gasteiger charge is 2.27. The number of hydrogen-bond acceptors (Lipinski definition) is 4. The molecular formula is C14H19N3O2S. The van der Waals surface area contributed by atoms with Crippen molar-refractivity contribution in [3.05, 3.63) is 35.4 Å². The van der Waals surface area contributed by atoms with Crippen LogP contribution in [-0.2, 0) is 15.8 Å². The largest absolute Gasteiger partial charge is 0.315 e. The first-order valence-electron chi connectivity index (χ1n) is 6.68. The third-order valence-corrected chi connectivity index (χ3v) is 5.53. The Bertz CT molecular complexity index is 584. The van der Waals surface area contributed by atoms with Gasteiger partial charge in [-0.25, -0.2) is 12.7 Å². The number of nitriles is 1. The first-order valence-corrected chi connectivity index (χ1v) is 8.29. The van der Waals surface area contributed by atoms with E-state index >= 15 is 0 Å². The maximum atomic E-state index is 12.4. The van der Waals surface area contributed by atoms with Gasteiger partial charge in [-0.3, -0.25) is 0 Å². The predicted molar refractivity (Wildman–Crippen MR) is 77.4 cm³/mol. The summed E-state index contributed by atoms with van der Waals surface area (Å²) in [5.74, 6) is -0.0221. The third-order valence-electron chi connectivity index (χ3n) is 3.66. The average Bonchev–Trinajstić information content (AvgIpc) is 2.48. The van der Waals surface area contributed by atoms with Crippen molar-refractivity contribution >= 4 is 10.0 Å². The molecule has 5 nitrogen and oxygen atoms in total. The second-order valence-electron chi connectivity index (χ2n) is 5.08. The summed E-state index contributed by atoms with van der Waals surface area (Å²) in [4.78, 5) is 0. The lowest BCUT2D eigenvalue weighted by Crippen LogP contribution is -2.46. The second-order valence-corrected chi connectivity index (χ2v) is 7.11. The van der Waals surface area contributed by atoms with Crippen LogP contribution in [0.1, 0.15) is 24.0 Å². The zero-order valence-electron chi connectivity index (χ0n) is 11.5. The molecule has 6 heteroatoms. The Morgan fingerprint density at radius 2 is 2.10 bits per heavy atom. The van der Waals surface area contributed by atoms with Gasteiger partial charge in [-0.15, -0.1) is 0 Å². The average molecular weight is 293 g/mol. The van der Waals surface area contributed by atoms with Crippen LogP contribution in [0.4, 0.5) is 0 Å². The van der Waals surface area contributed by atoms with Crippen molar-refractivity contribution < 1.29 is 8.42 Å². The summed E-state index contributed by atoms with van der Waals surface area (Å²) >= 11 is 0. The molecule has 1 aromatic rings. The molecule has 0 bridgehead atoms. The van der Waals surface area contributed by atoms with Gasteiger partial charge in [-0.2, -0.15) is 5.26 Å². The Labute approximate surface area is 120 Å². The quantitative estimate of drug-likeness (QED) is 0.901. The zero-order chi connectivity index (χ0) is 14.6. The number of nitrogens with one attached hydrogen (secondary N) is 1. The fourth-order valence-corrected chi connectivity index (χ4v) is 3.81. The molecule has 2 rings (SSSR count). The molecule has 1 fully saturated rings. The maximum absolute atomic E-state index is 12.4. The van der Waals surface area contributed by atoms with Crippen molar-refractivity contribution in [1.29, 1.82) is 5.26 Å². The number of hydrogen-bond donors (Lipinski definition) is 1. The lowest BCUT2D eigenvalue weighted by Gasteiger charge is -2.30. The fraction of sp³-hybridized carbons (Fsp3) is 0.500. The summed E-state index contributed by atoms with van der Waals surface area (Å²) in [6.07, 6.45) is 1.90. The molecule has 1 aromatic carbocycles. The Balaban J connectivity index is 2.07. The number of rotatable bonds is 4. The summed E-state index contributed by atoms with van der Waals surface area (Å²) in [7, 11) is -1.67. The van der Waals surface area contributed by atoms with Crippen molar-refractivity contribution in [2.24, 2.45) is 0 Å². The SMILES string of the molecule is CN(C1CCCNC1)S(=O)(=O)Cc1ccc(C#N)cc1. The lowest BCUT2D eigenvalue weighted by molar-refractivity contribution is 0.300. The minimum atomic E-state index is -3.32. The van der Waals surface area contributed by atoms with Gasteiger partial charge < -0.3 is 5.32 Å². The van der Waals surface area contributed by atoms with Gasteiger partial charge in [0.05, 0.1) is 17.4 Å². The van der Waals surface area contributed by atoms with E-state index in [9.17, 15) is 8.42 Å². The van der Waals surface area contributed by atoms with Gasteiger partial charge in [0.15, 0.2) is 0 Å². The highest BCUT2D eigenvalue weighted by atomic mass is 32.2. The molecule has 1 atom stereocenters. The summed E-state index contributed by atoms with van der Waals surface area (Å²) in [6, 6.07) is 8.74. The van der Waals surface area contributed by atoms with Crippen LogP contribution in [0.2, 0.25) is 0 Å². The Kier molecular flexibility index (Phi) is 4.76. The first kappa shape index (κ1) is 15.0. The summed E-state index contributed by atoms with van der Waals surface area (Å²) < 4.78 is 26.3. The number of piperidine rings is 1. The monoisotopic (exact) mass is 293 g/mol.